The number of halogens is 8. The molecule has 0 bridgehead atoms. The van der Waals surface area contributed by atoms with E-state index in [0.29, 0.717) is 23.4 Å². The minimum atomic E-state index is -5.08. The van der Waals surface area contributed by atoms with Crippen LogP contribution in [0, 0.1) is 18.6 Å². The van der Waals surface area contributed by atoms with Crippen molar-refractivity contribution in [3.63, 3.8) is 0 Å². The second kappa shape index (κ2) is 12.0. The minimum absolute atomic E-state index is 0.132. The Bertz CT molecular complexity index is 1180. The Kier molecular flexibility index (Phi) is 9.61. The maximum Gasteiger partial charge on any atom is 0.490 e. The number of pyridine rings is 1. The molecule has 3 rings (SSSR count). The molecule has 3 aromatic rings. The van der Waals surface area contributed by atoms with Gasteiger partial charge in [0.25, 0.3) is 0 Å². The van der Waals surface area contributed by atoms with Crippen LogP contribution in [0.2, 0.25) is 0 Å². The fourth-order valence-corrected chi connectivity index (χ4v) is 3.03. The van der Waals surface area contributed by atoms with Crippen molar-refractivity contribution in [1.82, 2.24) is 9.55 Å². The molecule has 2 aromatic heterocycles. The van der Waals surface area contributed by atoms with E-state index in [0.717, 1.165) is 18.2 Å². The van der Waals surface area contributed by atoms with Gasteiger partial charge in [-0.15, -0.1) is 0 Å². The van der Waals surface area contributed by atoms with Crippen molar-refractivity contribution in [2.45, 2.75) is 38.7 Å². The van der Waals surface area contributed by atoms with Crippen LogP contribution >= 0.6 is 0 Å². The third-order valence-corrected chi connectivity index (χ3v) is 4.75. The van der Waals surface area contributed by atoms with Gasteiger partial charge in [0.2, 0.25) is 0 Å². The van der Waals surface area contributed by atoms with Crippen molar-refractivity contribution in [2.24, 2.45) is 0 Å². The molecule has 202 valence electrons. The smallest absolute Gasteiger partial charge is 0.481 e. The maximum atomic E-state index is 14.3. The molecule has 2 N–H and O–H groups in total. The standard InChI is InChI=1S/C21H19F5N2O2.C2HF3O2/c1-13-4-5-15(11-27-13)28-7-6-16(21(24,25)26)19(28)12-30-20-17(22)9-14(3-2-8-29)10-18(20)23;3-2(4,5)1(6)7/h4-7,9-11,29H,2-3,8,12H2,1H3;(H,6,7). The van der Waals surface area contributed by atoms with Gasteiger partial charge in [-0.3, -0.25) is 4.98 Å². The number of aliphatic hydroxyl groups excluding tert-OH is 1. The molecule has 0 amide bonds. The molecule has 0 saturated carbocycles. The van der Waals surface area contributed by atoms with Crippen molar-refractivity contribution in [1.29, 1.82) is 0 Å². The number of carboxylic acid groups (broad SMARTS) is 1. The Morgan fingerprint density at radius 1 is 1.05 bits per heavy atom. The molecule has 0 radical (unpaired) electrons. The van der Waals surface area contributed by atoms with Crippen LogP contribution in [0.5, 0.6) is 5.75 Å². The first-order chi connectivity index (χ1) is 17.1. The molecule has 0 aliphatic heterocycles. The Hall–Kier alpha value is -3.68. The molecular weight excluding hydrogens is 520 g/mol. The quantitative estimate of drug-likeness (QED) is 0.381. The fourth-order valence-electron chi connectivity index (χ4n) is 3.03. The lowest BCUT2D eigenvalue weighted by Gasteiger charge is -2.15. The summed E-state index contributed by atoms with van der Waals surface area (Å²) in [4.78, 5) is 13.0. The van der Waals surface area contributed by atoms with Gasteiger partial charge >= 0.3 is 18.3 Å². The van der Waals surface area contributed by atoms with E-state index in [1.807, 2.05) is 0 Å². The molecular formula is C23H20F8N2O4. The maximum absolute atomic E-state index is 14.3. The zero-order valence-corrected chi connectivity index (χ0v) is 19.0. The summed E-state index contributed by atoms with van der Waals surface area (Å²) in [6.07, 6.45) is -6.57. The predicted octanol–water partition coefficient (Wildman–Crippen LogP) is 5.61. The number of aliphatic carboxylic acids is 1. The minimum Gasteiger partial charge on any atom is -0.481 e. The lowest BCUT2D eigenvalue weighted by Crippen LogP contribution is -2.21. The molecule has 0 atom stereocenters. The number of aryl methyl sites for hydroxylation is 2. The molecule has 2 heterocycles. The number of alkyl halides is 6. The number of hydrogen-bond donors (Lipinski definition) is 2. The Labute approximate surface area is 204 Å². The lowest BCUT2D eigenvalue weighted by molar-refractivity contribution is -0.192. The topological polar surface area (TPSA) is 84.6 Å². The molecule has 6 nitrogen and oxygen atoms in total. The molecule has 0 aliphatic carbocycles. The zero-order valence-electron chi connectivity index (χ0n) is 19.0. The molecule has 0 saturated heterocycles. The molecule has 0 spiro atoms. The zero-order chi connectivity index (χ0) is 28.0. The average Bonchev–Trinajstić information content (AvgIpc) is 3.22. The number of aliphatic hydroxyl groups is 1. The highest BCUT2D eigenvalue weighted by Crippen LogP contribution is 2.35. The van der Waals surface area contributed by atoms with Crippen LogP contribution < -0.4 is 4.74 Å². The molecule has 0 unspecified atom stereocenters. The van der Waals surface area contributed by atoms with E-state index in [-0.39, 0.29) is 18.7 Å². The van der Waals surface area contributed by atoms with Gasteiger partial charge in [0.1, 0.15) is 6.61 Å². The number of ether oxygens (including phenoxy) is 1. The summed E-state index contributed by atoms with van der Waals surface area (Å²) in [7, 11) is 0. The van der Waals surface area contributed by atoms with Gasteiger partial charge in [-0.1, -0.05) is 0 Å². The second-order valence-electron chi connectivity index (χ2n) is 7.51. The summed E-state index contributed by atoms with van der Waals surface area (Å²) < 4.78 is 107. The van der Waals surface area contributed by atoms with E-state index >= 15 is 0 Å². The summed E-state index contributed by atoms with van der Waals surface area (Å²) in [6.45, 7) is 0.895. The van der Waals surface area contributed by atoms with Crippen LogP contribution in [0.3, 0.4) is 0 Å². The fraction of sp³-hybridized carbons (Fsp3) is 0.304. The first-order valence-electron chi connectivity index (χ1n) is 10.4. The number of aromatic nitrogens is 2. The summed E-state index contributed by atoms with van der Waals surface area (Å²) in [5, 5.41) is 16.0. The number of carboxylic acids is 1. The van der Waals surface area contributed by atoms with Crippen LogP contribution in [0.25, 0.3) is 5.69 Å². The third-order valence-electron chi connectivity index (χ3n) is 4.75. The summed E-state index contributed by atoms with van der Waals surface area (Å²) in [5.74, 6) is -5.56. The van der Waals surface area contributed by atoms with Gasteiger partial charge in [0.15, 0.2) is 17.4 Å². The predicted molar refractivity (Wildman–Crippen MR) is 113 cm³/mol. The second-order valence-corrected chi connectivity index (χ2v) is 7.51. The van der Waals surface area contributed by atoms with E-state index < -0.39 is 47.9 Å². The molecule has 37 heavy (non-hydrogen) atoms. The Balaban J connectivity index is 0.000000604. The monoisotopic (exact) mass is 540 g/mol. The summed E-state index contributed by atoms with van der Waals surface area (Å²) >= 11 is 0. The Morgan fingerprint density at radius 3 is 2.11 bits per heavy atom. The molecule has 14 heteroatoms. The number of carbonyl (C=O) groups is 1. The van der Waals surface area contributed by atoms with E-state index in [9.17, 15) is 35.1 Å². The van der Waals surface area contributed by atoms with Gasteiger partial charge in [0, 0.05) is 18.5 Å². The van der Waals surface area contributed by atoms with Crippen molar-refractivity contribution in [3.8, 4) is 11.4 Å². The van der Waals surface area contributed by atoms with Gasteiger partial charge in [-0.05, 0) is 55.7 Å². The normalized spacial score (nSPS) is 11.6. The highest BCUT2D eigenvalue weighted by Gasteiger charge is 2.38. The number of hydrogen-bond acceptors (Lipinski definition) is 4. The first kappa shape index (κ1) is 29.5. The summed E-state index contributed by atoms with van der Waals surface area (Å²) in [6, 6.07) is 6.19. The van der Waals surface area contributed by atoms with Crippen molar-refractivity contribution in [3.05, 3.63) is 76.9 Å². The van der Waals surface area contributed by atoms with Crippen molar-refractivity contribution >= 4 is 5.97 Å². The van der Waals surface area contributed by atoms with Gasteiger partial charge in [-0.2, -0.15) is 26.3 Å². The highest BCUT2D eigenvalue weighted by atomic mass is 19.4. The summed E-state index contributed by atoms with van der Waals surface area (Å²) in [5.41, 5.74) is 0.0800. The van der Waals surface area contributed by atoms with Crippen molar-refractivity contribution in [2.75, 3.05) is 6.61 Å². The highest BCUT2D eigenvalue weighted by molar-refractivity contribution is 5.73. The van der Waals surface area contributed by atoms with Crippen LogP contribution in [0.4, 0.5) is 35.1 Å². The van der Waals surface area contributed by atoms with E-state index in [2.05, 4.69) is 4.98 Å². The van der Waals surface area contributed by atoms with Gasteiger partial charge in [-0.25, -0.2) is 13.6 Å². The average molecular weight is 540 g/mol. The van der Waals surface area contributed by atoms with Crippen LogP contribution in [0.1, 0.15) is 28.9 Å². The van der Waals surface area contributed by atoms with E-state index in [4.69, 9.17) is 19.7 Å². The van der Waals surface area contributed by atoms with Crippen LogP contribution in [0.15, 0.2) is 42.7 Å². The number of rotatable bonds is 7. The Morgan fingerprint density at radius 2 is 1.65 bits per heavy atom. The SMILES string of the molecule is Cc1ccc(-n2ccc(C(F)(F)F)c2COc2c(F)cc(CCCO)cc2F)cn1.O=C(O)C(F)(F)F. The number of nitrogens with zero attached hydrogens (tertiary/aromatic N) is 2. The van der Waals surface area contributed by atoms with E-state index in [1.54, 1.807) is 19.1 Å². The van der Waals surface area contributed by atoms with Gasteiger partial charge in [0.05, 0.1) is 23.1 Å². The lowest BCUT2D eigenvalue weighted by atomic mass is 10.1. The number of benzene rings is 1. The van der Waals surface area contributed by atoms with Crippen molar-refractivity contribution < 1.29 is 54.9 Å². The van der Waals surface area contributed by atoms with Gasteiger partial charge < -0.3 is 19.5 Å². The molecule has 0 aliphatic rings. The van der Waals surface area contributed by atoms with E-state index in [1.165, 1.54) is 17.0 Å². The van der Waals surface area contributed by atoms with Crippen LogP contribution in [-0.4, -0.2) is 38.5 Å². The third kappa shape index (κ3) is 8.17. The molecule has 0 fully saturated rings. The largest absolute Gasteiger partial charge is 0.490 e. The molecule has 1 aromatic carbocycles. The van der Waals surface area contributed by atoms with Crippen LogP contribution in [-0.2, 0) is 24.0 Å². The first-order valence-corrected chi connectivity index (χ1v) is 10.4.